The summed E-state index contributed by atoms with van der Waals surface area (Å²) in [6.45, 7) is 2.71. The van der Waals surface area contributed by atoms with Crippen LogP contribution in [0.4, 0.5) is 0 Å². The standard InChI is InChI=1S/C13H18BrNO2/c1-16-13-5-4-10(7-12(13)14)8-15-9-11-3-2-6-17-11/h4-5,7,11,15H,2-3,6,8-9H2,1H3/t11-/m0/s1. The molecule has 2 rings (SSSR count). The molecule has 17 heavy (non-hydrogen) atoms. The van der Waals surface area contributed by atoms with E-state index in [1.165, 1.54) is 18.4 Å². The Morgan fingerprint density at radius 1 is 1.53 bits per heavy atom. The minimum Gasteiger partial charge on any atom is -0.496 e. The fourth-order valence-electron chi connectivity index (χ4n) is 2.00. The highest BCUT2D eigenvalue weighted by Crippen LogP contribution is 2.25. The first-order chi connectivity index (χ1) is 8.29. The third kappa shape index (κ3) is 3.69. The second-order valence-electron chi connectivity index (χ2n) is 4.23. The highest BCUT2D eigenvalue weighted by Gasteiger charge is 2.14. The maximum absolute atomic E-state index is 5.56. The second-order valence-corrected chi connectivity index (χ2v) is 5.09. The lowest BCUT2D eigenvalue weighted by atomic mass is 10.2. The smallest absolute Gasteiger partial charge is 0.133 e. The van der Waals surface area contributed by atoms with E-state index < -0.39 is 0 Å². The predicted molar refractivity (Wildman–Crippen MR) is 71.4 cm³/mol. The van der Waals surface area contributed by atoms with Crippen molar-refractivity contribution < 1.29 is 9.47 Å². The van der Waals surface area contributed by atoms with Crippen LogP contribution in [0, 0.1) is 0 Å². The monoisotopic (exact) mass is 299 g/mol. The first-order valence-corrected chi connectivity index (χ1v) is 6.73. The number of hydrogen-bond donors (Lipinski definition) is 1. The van der Waals surface area contributed by atoms with Crippen molar-refractivity contribution >= 4 is 15.9 Å². The van der Waals surface area contributed by atoms with Crippen molar-refractivity contribution in [2.24, 2.45) is 0 Å². The summed E-state index contributed by atoms with van der Waals surface area (Å²) in [6.07, 6.45) is 2.77. The van der Waals surface area contributed by atoms with Crippen molar-refractivity contribution in [1.29, 1.82) is 0 Å². The summed E-state index contributed by atoms with van der Waals surface area (Å²) < 4.78 is 11.8. The third-order valence-electron chi connectivity index (χ3n) is 2.94. The molecule has 1 N–H and O–H groups in total. The predicted octanol–water partition coefficient (Wildman–Crippen LogP) is 2.73. The van der Waals surface area contributed by atoms with Gasteiger partial charge >= 0.3 is 0 Å². The van der Waals surface area contributed by atoms with Crippen LogP contribution in [-0.2, 0) is 11.3 Å². The highest BCUT2D eigenvalue weighted by atomic mass is 79.9. The van der Waals surface area contributed by atoms with Crippen molar-refractivity contribution in [2.75, 3.05) is 20.3 Å². The Labute approximate surface area is 111 Å². The number of nitrogens with one attached hydrogen (secondary N) is 1. The summed E-state index contributed by atoms with van der Waals surface area (Å²) in [6, 6.07) is 6.14. The average Bonchev–Trinajstić information content (AvgIpc) is 2.82. The number of hydrogen-bond acceptors (Lipinski definition) is 3. The lowest BCUT2D eigenvalue weighted by Gasteiger charge is -2.11. The lowest BCUT2D eigenvalue weighted by molar-refractivity contribution is 0.110. The molecule has 1 aromatic carbocycles. The van der Waals surface area contributed by atoms with Crippen LogP contribution in [0.25, 0.3) is 0 Å². The second kappa shape index (κ2) is 6.38. The van der Waals surface area contributed by atoms with E-state index in [2.05, 4.69) is 33.4 Å². The highest BCUT2D eigenvalue weighted by molar-refractivity contribution is 9.10. The molecule has 94 valence electrons. The molecule has 1 fully saturated rings. The normalized spacial score (nSPS) is 19.5. The molecule has 0 aromatic heterocycles. The van der Waals surface area contributed by atoms with Crippen LogP contribution in [-0.4, -0.2) is 26.4 Å². The van der Waals surface area contributed by atoms with Crippen LogP contribution in [0.3, 0.4) is 0 Å². The summed E-state index contributed by atoms with van der Waals surface area (Å²) >= 11 is 3.49. The van der Waals surface area contributed by atoms with E-state index in [-0.39, 0.29) is 0 Å². The fourth-order valence-corrected chi connectivity index (χ4v) is 2.59. The zero-order valence-corrected chi connectivity index (χ0v) is 11.6. The Balaban J connectivity index is 1.80. The van der Waals surface area contributed by atoms with Gasteiger partial charge in [0, 0.05) is 19.7 Å². The molecular weight excluding hydrogens is 282 g/mol. The molecule has 0 aliphatic carbocycles. The quantitative estimate of drug-likeness (QED) is 0.907. The number of rotatable bonds is 5. The van der Waals surface area contributed by atoms with E-state index in [1.807, 2.05) is 6.07 Å². The summed E-state index contributed by atoms with van der Waals surface area (Å²) in [7, 11) is 1.68. The van der Waals surface area contributed by atoms with Gasteiger partial charge < -0.3 is 14.8 Å². The van der Waals surface area contributed by atoms with E-state index in [0.29, 0.717) is 6.10 Å². The zero-order valence-electron chi connectivity index (χ0n) is 10.0. The Morgan fingerprint density at radius 2 is 2.41 bits per heavy atom. The van der Waals surface area contributed by atoms with E-state index in [0.717, 1.165) is 29.9 Å². The third-order valence-corrected chi connectivity index (χ3v) is 3.56. The van der Waals surface area contributed by atoms with Crippen molar-refractivity contribution in [3.05, 3.63) is 28.2 Å². The van der Waals surface area contributed by atoms with Gasteiger partial charge in [-0.3, -0.25) is 0 Å². The maximum atomic E-state index is 5.56. The van der Waals surface area contributed by atoms with Crippen molar-refractivity contribution in [1.82, 2.24) is 5.32 Å². The molecule has 0 bridgehead atoms. The van der Waals surface area contributed by atoms with Gasteiger partial charge in [-0.2, -0.15) is 0 Å². The SMILES string of the molecule is COc1ccc(CNC[C@@H]2CCCO2)cc1Br. The largest absolute Gasteiger partial charge is 0.496 e. The van der Waals surface area contributed by atoms with E-state index in [9.17, 15) is 0 Å². The average molecular weight is 300 g/mol. The molecule has 0 spiro atoms. The van der Waals surface area contributed by atoms with Gasteiger partial charge in [0.15, 0.2) is 0 Å². The Bertz CT molecular complexity index is 364. The van der Waals surface area contributed by atoms with Crippen LogP contribution in [0.5, 0.6) is 5.75 Å². The van der Waals surface area contributed by atoms with E-state index >= 15 is 0 Å². The summed E-state index contributed by atoms with van der Waals surface area (Å²) in [5.41, 5.74) is 1.25. The van der Waals surface area contributed by atoms with Gasteiger partial charge in [0.1, 0.15) is 5.75 Å². The topological polar surface area (TPSA) is 30.5 Å². The Morgan fingerprint density at radius 3 is 3.06 bits per heavy atom. The van der Waals surface area contributed by atoms with Gasteiger partial charge in [-0.25, -0.2) is 0 Å². The van der Waals surface area contributed by atoms with Gasteiger partial charge in [0.25, 0.3) is 0 Å². The molecule has 1 aromatic rings. The Kier molecular flexibility index (Phi) is 4.83. The van der Waals surface area contributed by atoms with Crippen LogP contribution < -0.4 is 10.1 Å². The molecule has 3 nitrogen and oxygen atoms in total. The summed E-state index contributed by atoms with van der Waals surface area (Å²) in [4.78, 5) is 0. The van der Waals surface area contributed by atoms with Crippen LogP contribution in [0.15, 0.2) is 22.7 Å². The van der Waals surface area contributed by atoms with Gasteiger partial charge in [-0.05, 0) is 46.5 Å². The van der Waals surface area contributed by atoms with Gasteiger partial charge in [0.05, 0.1) is 17.7 Å². The molecule has 1 aliphatic rings. The minimum absolute atomic E-state index is 0.400. The molecule has 1 aliphatic heterocycles. The maximum Gasteiger partial charge on any atom is 0.133 e. The summed E-state index contributed by atoms with van der Waals surface area (Å²) in [5.74, 6) is 0.868. The first kappa shape index (κ1) is 12.9. The number of benzene rings is 1. The molecular formula is C13H18BrNO2. The van der Waals surface area contributed by atoms with Crippen LogP contribution >= 0.6 is 15.9 Å². The number of halogens is 1. The molecule has 4 heteroatoms. The number of ether oxygens (including phenoxy) is 2. The van der Waals surface area contributed by atoms with Gasteiger partial charge in [0.2, 0.25) is 0 Å². The zero-order chi connectivity index (χ0) is 12.1. The molecule has 0 unspecified atom stereocenters. The van der Waals surface area contributed by atoms with E-state index in [4.69, 9.17) is 9.47 Å². The van der Waals surface area contributed by atoms with Crippen LogP contribution in [0.1, 0.15) is 18.4 Å². The summed E-state index contributed by atoms with van der Waals surface area (Å²) in [5, 5.41) is 3.42. The molecule has 1 saturated heterocycles. The van der Waals surface area contributed by atoms with Crippen molar-refractivity contribution in [3.63, 3.8) is 0 Å². The van der Waals surface area contributed by atoms with Crippen LogP contribution in [0.2, 0.25) is 0 Å². The molecule has 1 heterocycles. The molecule has 0 amide bonds. The Hall–Kier alpha value is -0.580. The molecule has 1 atom stereocenters. The molecule has 0 saturated carbocycles. The lowest BCUT2D eigenvalue weighted by Crippen LogP contribution is -2.25. The van der Waals surface area contributed by atoms with E-state index in [1.54, 1.807) is 7.11 Å². The van der Waals surface area contributed by atoms with Crippen molar-refractivity contribution in [2.45, 2.75) is 25.5 Å². The van der Waals surface area contributed by atoms with Gasteiger partial charge in [-0.1, -0.05) is 6.07 Å². The van der Waals surface area contributed by atoms with Gasteiger partial charge in [-0.15, -0.1) is 0 Å². The molecule has 0 radical (unpaired) electrons. The first-order valence-electron chi connectivity index (χ1n) is 5.94. The van der Waals surface area contributed by atoms with Crippen molar-refractivity contribution in [3.8, 4) is 5.75 Å². The number of methoxy groups -OCH3 is 1. The fraction of sp³-hybridized carbons (Fsp3) is 0.538. The minimum atomic E-state index is 0.400.